The first-order valence-electron chi connectivity index (χ1n) is 13.9. The highest BCUT2D eigenvalue weighted by Crippen LogP contribution is 2.45. The molecule has 5 rings (SSSR count). The van der Waals surface area contributed by atoms with Crippen LogP contribution in [0.2, 0.25) is 0 Å². The molecule has 1 spiro atoms. The fourth-order valence-corrected chi connectivity index (χ4v) is 6.31. The van der Waals surface area contributed by atoms with E-state index in [1.807, 2.05) is 24.3 Å². The van der Waals surface area contributed by atoms with Gasteiger partial charge in [0.15, 0.2) is 0 Å². The number of hydrogen-bond donors (Lipinski definition) is 2. The van der Waals surface area contributed by atoms with Crippen LogP contribution < -0.4 is 5.32 Å². The van der Waals surface area contributed by atoms with Crippen molar-refractivity contribution < 1.29 is 9.59 Å². The summed E-state index contributed by atoms with van der Waals surface area (Å²) in [6, 6.07) is 15.8. The molecule has 39 heavy (non-hydrogen) atoms. The van der Waals surface area contributed by atoms with Crippen LogP contribution in [0, 0.1) is 5.92 Å². The number of nitrogens with one attached hydrogen (secondary N) is 2. The van der Waals surface area contributed by atoms with Crippen molar-refractivity contribution in [3.63, 3.8) is 0 Å². The molecule has 206 valence electrons. The van der Waals surface area contributed by atoms with Crippen LogP contribution in [-0.4, -0.2) is 54.4 Å². The first kappa shape index (κ1) is 27.3. The maximum Gasteiger partial charge on any atom is 0.321 e. The molecule has 1 aliphatic heterocycles. The lowest BCUT2D eigenvalue weighted by atomic mass is 9.74. The second kappa shape index (κ2) is 11.9. The summed E-state index contributed by atoms with van der Waals surface area (Å²) in [6.45, 7) is 5.65. The lowest BCUT2D eigenvalue weighted by Gasteiger charge is -2.42. The number of hydrogen-bond acceptors (Lipinski definition) is 5. The highest BCUT2D eigenvalue weighted by molar-refractivity contribution is 9.10. The SMILES string of the molecule is CCCCC1CCC2(CC1)CN(C(C)c1ccc(Br)cc1)C(=O)N2Cc1ccc(C(=O)Nc2nn[nH]n2)cc1. The van der Waals surface area contributed by atoms with Gasteiger partial charge in [-0.2, -0.15) is 5.21 Å². The first-order chi connectivity index (χ1) is 18.9. The van der Waals surface area contributed by atoms with Crippen molar-refractivity contribution in [3.8, 4) is 0 Å². The van der Waals surface area contributed by atoms with Crippen LogP contribution in [0.1, 0.15) is 86.3 Å². The Balaban J connectivity index is 1.34. The summed E-state index contributed by atoms with van der Waals surface area (Å²) in [5.74, 6) is 0.572. The molecule has 2 heterocycles. The number of rotatable bonds is 9. The van der Waals surface area contributed by atoms with E-state index in [9.17, 15) is 9.59 Å². The monoisotopic (exact) mass is 593 g/mol. The second-order valence-corrected chi connectivity index (χ2v) is 11.8. The maximum absolute atomic E-state index is 14.0. The standard InChI is InChI=1S/C29H36BrN7O2/c1-3-4-5-21-14-16-29(17-15-21)19-36(20(2)23-10-12-25(30)13-11-23)28(39)37(29)18-22-6-8-24(9-7-22)26(38)31-27-32-34-35-33-27/h6-13,20-21H,3-5,14-19H2,1-2H3,(H2,31,32,33,34,35,38). The summed E-state index contributed by atoms with van der Waals surface area (Å²) in [5, 5.41) is 15.9. The molecule has 9 nitrogen and oxygen atoms in total. The summed E-state index contributed by atoms with van der Waals surface area (Å²) in [5.41, 5.74) is 2.47. The van der Waals surface area contributed by atoms with Crippen molar-refractivity contribution >= 4 is 33.8 Å². The van der Waals surface area contributed by atoms with Crippen molar-refractivity contribution in [1.82, 2.24) is 30.4 Å². The van der Waals surface area contributed by atoms with E-state index in [1.165, 1.54) is 32.1 Å². The van der Waals surface area contributed by atoms with E-state index in [0.717, 1.165) is 40.9 Å². The van der Waals surface area contributed by atoms with Gasteiger partial charge >= 0.3 is 6.03 Å². The lowest BCUT2D eigenvalue weighted by Crippen LogP contribution is -2.49. The summed E-state index contributed by atoms with van der Waals surface area (Å²) in [6.07, 6.45) is 8.18. The fraction of sp³-hybridized carbons (Fsp3) is 0.483. The number of benzene rings is 2. The van der Waals surface area contributed by atoms with E-state index in [4.69, 9.17) is 0 Å². The predicted octanol–water partition coefficient (Wildman–Crippen LogP) is 6.33. The Kier molecular flexibility index (Phi) is 8.30. The third kappa shape index (κ3) is 6.00. The average Bonchev–Trinajstić information content (AvgIpc) is 3.56. The topological polar surface area (TPSA) is 107 Å². The Hall–Kier alpha value is -3.27. The third-order valence-corrected chi connectivity index (χ3v) is 8.99. The minimum atomic E-state index is -0.309. The molecular formula is C29H36BrN7O2. The Bertz CT molecular complexity index is 1260. The number of halogens is 1. The highest BCUT2D eigenvalue weighted by Gasteiger charge is 2.51. The molecule has 2 fully saturated rings. The van der Waals surface area contributed by atoms with E-state index in [0.29, 0.717) is 12.1 Å². The molecule has 1 aliphatic carbocycles. The molecule has 3 aromatic rings. The Morgan fingerprint density at radius 1 is 1.15 bits per heavy atom. The first-order valence-corrected chi connectivity index (χ1v) is 14.7. The quantitative estimate of drug-likeness (QED) is 0.301. The van der Waals surface area contributed by atoms with Gasteiger partial charge in [0.1, 0.15) is 0 Å². The van der Waals surface area contributed by atoms with Gasteiger partial charge in [-0.1, -0.05) is 71.5 Å². The Morgan fingerprint density at radius 2 is 1.87 bits per heavy atom. The number of tetrazole rings is 1. The predicted molar refractivity (Wildman–Crippen MR) is 153 cm³/mol. The fourth-order valence-electron chi connectivity index (χ4n) is 6.04. The second-order valence-electron chi connectivity index (χ2n) is 10.9. The van der Waals surface area contributed by atoms with Gasteiger partial charge in [0.05, 0.1) is 11.6 Å². The van der Waals surface area contributed by atoms with Crippen molar-refractivity contribution in [3.05, 3.63) is 69.7 Å². The van der Waals surface area contributed by atoms with Gasteiger partial charge in [-0.3, -0.25) is 10.1 Å². The minimum absolute atomic E-state index is 0.0125. The lowest BCUT2D eigenvalue weighted by molar-refractivity contribution is 0.0913. The van der Waals surface area contributed by atoms with Crippen LogP contribution in [0.25, 0.3) is 0 Å². The van der Waals surface area contributed by atoms with Crippen LogP contribution in [-0.2, 0) is 6.54 Å². The zero-order valence-electron chi connectivity index (χ0n) is 22.6. The van der Waals surface area contributed by atoms with E-state index in [-0.39, 0.29) is 29.5 Å². The maximum atomic E-state index is 14.0. The van der Waals surface area contributed by atoms with E-state index in [2.05, 4.69) is 77.7 Å². The van der Waals surface area contributed by atoms with Gasteiger partial charge in [-0.15, -0.1) is 5.10 Å². The largest absolute Gasteiger partial charge is 0.321 e. The molecule has 10 heteroatoms. The summed E-state index contributed by atoms with van der Waals surface area (Å²) < 4.78 is 1.03. The molecule has 1 unspecified atom stereocenters. The van der Waals surface area contributed by atoms with Crippen molar-refractivity contribution in [1.29, 1.82) is 0 Å². The zero-order valence-corrected chi connectivity index (χ0v) is 24.2. The molecular weight excluding hydrogens is 558 g/mol. The van der Waals surface area contributed by atoms with Gasteiger partial charge in [0, 0.05) is 23.1 Å². The number of carbonyl (C=O) groups is 2. The number of aromatic nitrogens is 4. The number of H-pyrrole nitrogens is 1. The van der Waals surface area contributed by atoms with Crippen molar-refractivity contribution in [2.24, 2.45) is 5.92 Å². The number of anilines is 1. The minimum Gasteiger partial charge on any atom is -0.316 e. The van der Waals surface area contributed by atoms with Crippen molar-refractivity contribution in [2.75, 3.05) is 11.9 Å². The van der Waals surface area contributed by atoms with Gasteiger partial charge < -0.3 is 9.80 Å². The zero-order chi connectivity index (χ0) is 27.4. The number of aromatic amines is 1. The van der Waals surface area contributed by atoms with Crippen LogP contribution in [0.5, 0.6) is 0 Å². The normalized spacial score (nSPS) is 21.9. The van der Waals surface area contributed by atoms with Crippen LogP contribution in [0.15, 0.2) is 53.0 Å². The number of nitrogens with zero attached hydrogens (tertiary/aromatic N) is 5. The molecule has 1 saturated carbocycles. The number of carbonyl (C=O) groups excluding carboxylic acids is 2. The smallest absolute Gasteiger partial charge is 0.316 e. The molecule has 2 aliphatic rings. The number of urea groups is 1. The molecule has 0 bridgehead atoms. The molecule has 1 atom stereocenters. The number of unbranched alkanes of at least 4 members (excludes halogenated alkanes) is 1. The molecule has 2 aromatic carbocycles. The van der Waals surface area contributed by atoms with E-state index >= 15 is 0 Å². The molecule has 0 radical (unpaired) electrons. The van der Waals surface area contributed by atoms with Gasteiger partial charge in [-0.05, 0) is 79.1 Å². The van der Waals surface area contributed by atoms with Crippen LogP contribution in [0.4, 0.5) is 10.7 Å². The highest BCUT2D eigenvalue weighted by atomic mass is 79.9. The molecule has 3 amide bonds. The number of amides is 3. The molecule has 1 saturated heterocycles. The van der Waals surface area contributed by atoms with Crippen LogP contribution >= 0.6 is 15.9 Å². The van der Waals surface area contributed by atoms with Gasteiger partial charge in [-0.25, -0.2) is 4.79 Å². The van der Waals surface area contributed by atoms with Crippen LogP contribution in [0.3, 0.4) is 0 Å². The summed E-state index contributed by atoms with van der Waals surface area (Å²) in [7, 11) is 0. The molecule has 1 aromatic heterocycles. The third-order valence-electron chi connectivity index (χ3n) is 8.46. The Labute approximate surface area is 237 Å². The van der Waals surface area contributed by atoms with E-state index in [1.54, 1.807) is 12.1 Å². The average molecular weight is 595 g/mol. The summed E-state index contributed by atoms with van der Waals surface area (Å²) in [4.78, 5) is 30.7. The Morgan fingerprint density at radius 3 is 2.51 bits per heavy atom. The van der Waals surface area contributed by atoms with Gasteiger partial charge in [0.2, 0.25) is 0 Å². The molecule has 2 N–H and O–H groups in total. The summed E-state index contributed by atoms with van der Waals surface area (Å²) >= 11 is 3.52. The van der Waals surface area contributed by atoms with Gasteiger partial charge in [0.25, 0.3) is 11.9 Å². The van der Waals surface area contributed by atoms with E-state index < -0.39 is 0 Å². The van der Waals surface area contributed by atoms with Crippen molar-refractivity contribution in [2.45, 2.75) is 76.9 Å².